The summed E-state index contributed by atoms with van der Waals surface area (Å²) in [5.41, 5.74) is 2.15. The predicted octanol–water partition coefficient (Wildman–Crippen LogP) is 4.22. The second-order valence-electron chi connectivity index (χ2n) is 5.39. The molecule has 0 aliphatic heterocycles. The molecule has 0 aromatic heterocycles. The smallest absolute Gasteiger partial charge is 0.387 e. The van der Waals surface area contributed by atoms with Crippen molar-refractivity contribution >= 4 is 29.9 Å². The summed E-state index contributed by atoms with van der Waals surface area (Å²) in [5, 5.41) is 6.14. The molecule has 0 aliphatic carbocycles. The van der Waals surface area contributed by atoms with E-state index in [1.54, 1.807) is 32.2 Å². The average molecular weight is 479 g/mol. The summed E-state index contributed by atoms with van der Waals surface area (Å²) in [6.45, 7) is -0.361. The van der Waals surface area contributed by atoms with Crippen LogP contribution in [0, 0.1) is 12.7 Å². The fourth-order valence-electron chi connectivity index (χ4n) is 2.17. The predicted molar refractivity (Wildman–Crippen MR) is 107 cm³/mol. The Morgan fingerprint density at radius 1 is 1.08 bits per heavy atom. The number of rotatable bonds is 6. The lowest BCUT2D eigenvalue weighted by Crippen LogP contribution is -2.36. The van der Waals surface area contributed by atoms with Gasteiger partial charge in [-0.3, -0.25) is 4.99 Å². The van der Waals surface area contributed by atoms with Crippen LogP contribution in [0.5, 0.6) is 5.75 Å². The zero-order chi connectivity index (χ0) is 18.2. The van der Waals surface area contributed by atoms with Gasteiger partial charge in [-0.05, 0) is 41.8 Å². The van der Waals surface area contributed by atoms with Crippen molar-refractivity contribution in [3.8, 4) is 5.75 Å². The number of alkyl halides is 2. The Hall–Kier alpha value is -1.97. The minimum absolute atomic E-state index is 0. The number of nitrogens with zero attached hydrogens (tertiary/aromatic N) is 1. The molecule has 0 radical (unpaired) electrons. The molecular formula is C18H21F3IN3O. The zero-order valence-electron chi connectivity index (χ0n) is 14.4. The third-order valence-corrected chi connectivity index (χ3v) is 3.50. The number of ether oxygens (including phenoxy) is 1. The van der Waals surface area contributed by atoms with Crippen LogP contribution in [0.2, 0.25) is 0 Å². The molecule has 0 spiro atoms. The van der Waals surface area contributed by atoms with E-state index in [9.17, 15) is 13.2 Å². The fraction of sp³-hybridized carbons (Fsp3) is 0.278. The van der Waals surface area contributed by atoms with Crippen LogP contribution in [0.1, 0.15) is 16.7 Å². The van der Waals surface area contributed by atoms with Gasteiger partial charge in [-0.1, -0.05) is 24.3 Å². The zero-order valence-corrected chi connectivity index (χ0v) is 16.8. The Labute approximate surface area is 167 Å². The SMILES string of the molecule is CN=C(NCc1cccc(OC(F)F)c1)NCc1ccc(C)c(F)c1.I. The summed E-state index contributed by atoms with van der Waals surface area (Å²) in [5.74, 6) is 0.367. The molecule has 2 rings (SSSR count). The normalized spacial score (nSPS) is 11.1. The van der Waals surface area contributed by atoms with E-state index in [0.29, 0.717) is 24.6 Å². The Kier molecular flexibility index (Phi) is 9.25. The minimum Gasteiger partial charge on any atom is -0.435 e. The minimum atomic E-state index is -2.85. The van der Waals surface area contributed by atoms with Crippen molar-refractivity contribution < 1.29 is 17.9 Å². The molecule has 142 valence electrons. The monoisotopic (exact) mass is 479 g/mol. The molecule has 2 aromatic carbocycles. The molecular weight excluding hydrogens is 458 g/mol. The van der Waals surface area contributed by atoms with Crippen molar-refractivity contribution in [2.75, 3.05) is 7.05 Å². The summed E-state index contributed by atoms with van der Waals surface area (Å²) in [4.78, 5) is 4.08. The first-order chi connectivity index (χ1) is 12.0. The number of guanidine groups is 1. The Bertz CT molecular complexity index is 741. The largest absolute Gasteiger partial charge is 0.435 e. The van der Waals surface area contributed by atoms with Gasteiger partial charge in [0.05, 0.1) is 0 Å². The number of halogens is 4. The van der Waals surface area contributed by atoms with Crippen LogP contribution in [0.3, 0.4) is 0 Å². The Morgan fingerprint density at radius 2 is 1.73 bits per heavy atom. The third kappa shape index (κ3) is 7.11. The number of aliphatic imine (C=N–C) groups is 1. The van der Waals surface area contributed by atoms with Gasteiger partial charge in [0.15, 0.2) is 5.96 Å². The lowest BCUT2D eigenvalue weighted by atomic mass is 10.1. The van der Waals surface area contributed by atoms with Crippen LogP contribution >= 0.6 is 24.0 Å². The van der Waals surface area contributed by atoms with Crippen LogP contribution in [0.15, 0.2) is 47.5 Å². The van der Waals surface area contributed by atoms with Gasteiger partial charge < -0.3 is 15.4 Å². The van der Waals surface area contributed by atoms with Gasteiger partial charge in [0.1, 0.15) is 11.6 Å². The van der Waals surface area contributed by atoms with Gasteiger partial charge in [-0.25, -0.2) is 4.39 Å². The van der Waals surface area contributed by atoms with Crippen LogP contribution < -0.4 is 15.4 Å². The first kappa shape index (κ1) is 22.1. The molecule has 0 bridgehead atoms. The van der Waals surface area contributed by atoms with E-state index in [2.05, 4.69) is 20.4 Å². The van der Waals surface area contributed by atoms with Crippen molar-refractivity contribution in [1.29, 1.82) is 0 Å². The van der Waals surface area contributed by atoms with Gasteiger partial charge in [-0.15, -0.1) is 24.0 Å². The molecule has 4 nitrogen and oxygen atoms in total. The summed E-state index contributed by atoms with van der Waals surface area (Å²) >= 11 is 0. The van der Waals surface area contributed by atoms with Crippen LogP contribution in [-0.4, -0.2) is 19.6 Å². The van der Waals surface area contributed by atoms with Crippen LogP contribution in [0.4, 0.5) is 13.2 Å². The number of hydrogen-bond donors (Lipinski definition) is 2. The summed E-state index contributed by atoms with van der Waals surface area (Å²) in [7, 11) is 1.61. The Morgan fingerprint density at radius 3 is 2.31 bits per heavy atom. The van der Waals surface area contributed by atoms with Gasteiger partial charge >= 0.3 is 6.61 Å². The highest BCUT2D eigenvalue weighted by atomic mass is 127. The van der Waals surface area contributed by atoms with Gasteiger partial charge in [-0.2, -0.15) is 8.78 Å². The first-order valence-electron chi connectivity index (χ1n) is 7.71. The van der Waals surface area contributed by atoms with Crippen molar-refractivity contribution in [3.05, 3.63) is 65.0 Å². The molecule has 0 saturated carbocycles. The maximum Gasteiger partial charge on any atom is 0.387 e. The van der Waals surface area contributed by atoms with Crippen molar-refractivity contribution in [2.45, 2.75) is 26.6 Å². The fourth-order valence-corrected chi connectivity index (χ4v) is 2.17. The van der Waals surface area contributed by atoms with Gasteiger partial charge in [0.2, 0.25) is 0 Å². The maximum absolute atomic E-state index is 13.5. The van der Waals surface area contributed by atoms with Gasteiger partial charge in [0.25, 0.3) is 0 Å². The molecule has 26 heavy (non-hydrogen) atoms. The van der Waals surface area contributed by atoms with E-state index >= 15 is 0 Å². The first-order valence-corrected chi connectivity index (χ1v) is 7.71. The number of nitrogens with one attached hydrogen (secondary N) is 2. The maximum atomic E-state index is 13.5. The number of benzene rings is 2. The number of aryl methyl sites for hydroxylation is 1. The van der Waals surface area contributed by atoms with E-state index < -0.39 is 6.61 Å². The van der Waals surface area contributed by atoms with Crippen molar-refractivity contribution in [2.24, 2.45) is 4.99 Å². The molecule has 0 heterocycles. The molecule has 0 saturated heterocycles. The molecule has 0 unspecified atom stereocenters. The van der Waals surface area contributed by atoms with Crippen molar-refractivity contribution in [1.82, 2.24) is 10.6 Å². The molecule has 2 aromatic rings. The average Bonchev–Trinajstić information content (AvgIpc) is 2.58. The summed E-state index contributed by atoms with van der Waals surface area (Å²) in [6, 6.07) is 11.5. The highest BCUT2D eigenvalue weighted by Gasteiger charge is 2.06. The third-order valence-electron chi connectivity index (χ3n) is 3.50. The molecule has 2 N–H and O–H groups in total. The van der Waals surface area contributed by atoms with E-state index in [0.717, 1.165) is 11.1 Å². The van der Waals surface area contributed by atoms with E-state index in [1.165, 1.54) is 18.2 Å². The van der Waals surface area contributed by atoms with Gasteiger partial charge in [0, 0.05) is 20.1 Å². The molecule has 0 amide bonds. The van der Waals surface area contributed by atoms with Crippen molar-refractivity contribution in [3.63, 3.8) is 0 Å². The van der Waals surface area contributed by atoms with E-state index in [-0.39, 0.29) is 35.5 Å². The topological polar surface area (TPSA) is 45.7 Å². The lowest BCUT2D eigenvalue weighted by Gasteiger charge is -2.13. The van der Waals surface area contributed by atoms with Crippen LogP contribution in [0.25, 0.3) is 0 Å². The highest BCUT2D eigenvalue weighted by molar-refractivity contribution is 14.0. The summed E-state index contributed by atoms with van der Waals surface area (Å²) in [6.07, 6.45) is 0. The Balaban J connectivity index is 0.00000338. The quantitative estimate of drug-likeness (QED) is 0.371. The standard InChI is InChI=1S/C18H20F3N3O.HI/c1-12-6-7-14(9-16(12)19)11-24-18(22-2)23-10-13-4-3-5-15(8-13)25-17(20)21;/h3-9,17H,10-11H2,1-2H3,(H2,22,23,24);1H. The highest BCUT2D eigenvalue weighted by Crippen LogP contribution is 2.15. The molecule has 0 atom stereocenters. The molecule has 0 fully saturated rings. The molecule has 0 aliphatic rings. The summed E-state index contributed by atoms with van der Waals surface area (Å²) < 4.78 is 42.4. The van der Waals surface area contributed by atoms with E-state index in [4.69, 9.17) is 0 Å². The van der Waals surface area contributed by atoms with E-state index in [1.807, 2.05) is 6.07 Å². The second-order valence-corrected chi connectivity index (χ2v) is 5.39. The number of hydrogen-bond acceptors (Lipinski definition) is 2. The second kappa shape index (κ2) is 10.9. The molecule has 8 heteroatoms. The lowest BCUT2D eigenvalue weighted by molar-refractivity contribution is -0.0498. The van der Waals surface area contributed by atoms with Crippen LogP contribution in [-0.2, 0) is 13.1 Å².